The second kappa shape index (κ2) is 10.6. The van der Waals surface area contributed by atoms with Crippen LogP contribution >= 0.6 is 0 Å². The second-order valence-corrected chi connectivity index (χ2v) is 7.64. The first-order valence-corrected chi connectivity index (χ1v) is 11.0. The minimum Gasteiger partial charge on any atom is -0.464 e. The van der Waals surface area contributed by atoms with Gasteiger partial charge in [-0.3, -0.25) is 0 Å². The highest BCUT2D eigenvalue weighted by Gasteiger charge is 2.30. The van der Waals surface area contributed by atoms with Crippen LogP contribution in [0.5, 0.6) is 6.01 Å². The molecule has 0 amide bonds. The Balaban J connectivity index is 1.49. The molecular formula is C23H25F3N6O2. The minimum atomic E-state index is -4.41. The Hall–Kier alpha value is -3.47. The molecule has 1 fully saturated rings. The molecule has 0 aliphatic carbocycles. The number of ether oxygens (including phenoxy) is 2. The fourth-order valence-corrected chi connectivity index (χ4v) is 3.51. The molecule has 180 valence electrons. The summed E-state index contributed by atoms with van der Waals surface area (Å²) in [7, 11) is 0. The highest BCUT2D eigenvalue weighted by Crippen LogP contribution is 2.30. The van der Waals surface area contributed by atoms with Crippen molar-refractivity contribution in [3.05, 3.63) is 65.1 Å². The zero-order chi connectivity index (χ0) is 24.0. The fraction of sp³-hybridized carbons (Fsp3) is 0.391. The number of alkyl halides is 3. The third-order valence-corrected chi connectivity index (χ3v) is 5.15. The van der Waals surface area contributed by atoms with Crippen molar-refractivity contribution < 1.29 is 22.6 Å². The van der Waals surface area contributed by atoms with Crippen molar-refractivity contribution in [3.8, 4) is 6.01 Å². The number of morpholine rings is 1. The lowest BCUT2D eigenvalue weighted by Gasteiger charge is -2.28. The van der Waals surface area contributed by atoms with Gasteiger partial charge in [0.15, 0.2) is 0 Å². The number of anilines is 2. The predicted molar refractivity (Wildman–Crippen MR) is 120 cm³/mol. The molecule has 4 rings (SSSR count). The van der Waals surface area contributed by atoms with E-state index in [0.717, 1.165) is 36.6 Å². The summed E-state index contributed by atoms with van der Waals surface area (Å²) in [6, 6.07) is 9.12. The lowest BCUT2D eigenvalue weighted by Crippen LogP contribution is -2.36. The summed E-state index contributed by atoms with van der Waals surface area (Å²) in [6.07, 6.45) is -2.56. The number of hydrogen-bond donors (Lipinski definition) is 1. The summed E-state index contributed by atoms with van der Waals surface area (Å²) in [5.41, 5.74) is 0.712. The van der Waals surface area contributed by atoms with Crippen molar-refractivity contribution in [2.45, 2.75) is 26.1 Å². The maximum absolute atomic E-state index is 13.1. The number of nitrogens with zero attached hydrogens (tertiary/aromatic N) is 5. The molecule has 1 aliphatic heterocycles. The number of nitrogens with one attached hydrogen (secondary N) is 1. The normalized spacial score (nSPS) is 14.2. The monoisotopic (exact) mass is 474 g/mol. The number of halogens is 3. The van der Waals surface area contributed by atoms with Crippen molar-refractivity contribution in [1.29, 1.82) is 0 Å². The van der Waals surface area contributed by atoms with Gasteiger partial charge in [0.2, 0.25) is 5.95 Å². The van der Waals surface area contributed by atoms with E-state index in [1.807, 2.05) is 12.1 Å². The van der Waals surface area contributed by atoms with Crippen molar-refractivity contribution in [2.24, 2.45) is 0 Å². The molecule has 0 spiro atoms. The summed E-state index contributed by atoms with van der Waals surface area (Å²) in [5.74, 6) is 1.47. The standard InChI is InChI=1S/C23H25F3N6O2/c1-2-34-22-30-19(13-16-4-3-5-18(12-16)23(24,25)26)29-21(31-22)28-15-17-6-7-27-20(14-17)32-8-10-33-11-9-32/h3-7,12,14H,2,8-11,13,15H2,1H3,(H,28,29,30,31). The SMILES string of the molecule is CCOc1nc(Cc2cccc(C(F)(F)F)c2)nc(NCc2ccnc(N3CCOCC3)c2)n1. The molecule has 34 heavy (non-hydrogen) atoms. The number of benzene rings is 1. The Morgan fingerprint density at radius 1 is 1.06 bits per heavy atom. The van der Waals surface area contributed by atoms with Crippen LogP contribution in [0.4, 0.5) is 24.9 Å². The van der Waals surface area contributed by atoms with Crippen molar-refractivity contribution in [1.82, 2.24) is 19.9 Å². The van der Waals surface area contributed by atoms with Gasteiger partial charge in [0, 0.05) is 32.3 Å². The van der Waals surface area contributed by atoms with Gasteiger partial charge in [0.05, 0.1) is 25.4 Å². The van der Waals surface area contributed by atoms with Crippen LogP contribution in [0.15, 0.2) is 42.6 Å². The summed E-state index contributed by atoms with van der Waals surface area (Å²) >= 11 is 0. The van der Waals surface area contributed by atoms with Crippen LogP contribution in [0.2, 0.25) is 0 Å². The molecule has 2 aromatic heterocycles. The lowest BCUT2D eigenvalue weighted by atomic mass is 10.1. The van der Waals surface area contributed by atoms with Crippen LogP contribution in [0.1, 0.15) is 29.4 Å². The van der Waals surface area contributed by atoms with Gasteiger partial charge in [0.1, 0.15) is 11.6 Å². The van der Waals surface area contributed by atoms with E-state index in [2.05, 4.69) is 30.2 Å². The highest BCUT2D eigenvalue weighted by atomic mass is 19.4. The number of pyridine rings is 1. The van der Waals surface area contributed by atoms with Gasteiger partial charge in [-0.1, -0.05) is 18.2 Å². The molecule has 1 N–H and O–H groups in total. The molecule has 0 bridgehead atoms. The summed E-state index contributed by atoms with van der Waals surface area (Å²) in [4.78, 5) is 19.5. The van der Waals surface area contributed by atoms with Crippen molar-refractivity contribution in [2.75, 3.05) is 43.1 Å². The second-order valence-electron chi connectivity index (χ2n) is 7.64. The summed E-state index contributed by atoms with van der Waals surface area (Å²) in [6.45, 7) is 5.49. The Morgan fingerprint density at radius 2 is 1.88 bits per heavy atom. The predicted octanol–water partition coefficient (Wildman–Crippen LogP) is 3.72. The number of rotatable bonds is 8. The first kappa shape index (κ1) is 23.7. The van der Waals surface area contributed by atoms with Gasteiger partial charge < -0.3 is 19.7 Å². The van der Waals surface area contributed by atoms with Crippen molar-refractivity contribution >= 4 is 11.8 Å². The van der Waals surface area contributed by atoms with Crippen LogP contribution in [0.25, 0.3) is 0 Å². The molecule has 0 unspecified atom stereocenters. The largest absolute Gasteiger partial charge is 0.464 e. The van der Waals surface area contributed by atoms with E-state index in [0.29, 0.717) is 37.8 Å². The zero-order valence-corrected chi connectivity index (χ0v) is 18.7. The fourth-order valence-electron chi connectivity index (χ4n) is 3.51. The third-order valence-electron chi connectivity index (χ3n) is 5.15. The smallest absolute Gasteiger partial charge is 0.416 e. The van der Waals surface area contributed by atoms with Crippen LogP contribution in [0, 0.1) is 0 Å². The number of hydrogen-bond acceptors (Lipinski definition) is 8. The molecule has 1 aromatic carbocycles. The summed E-state index contributed by atoms with van der Waals surface area (Å²) in [5, 5.41) is 3.16. The average molecular weight is 474 g/mol. The molecule has 1 aliphatic rings. The van der Waals surface area contributed by atoms with E-state index < -0.39 is 11.7 Å². The van der Waals surface area contributed by atoms with Gasteiger partial charge >= 0.3 is 12.2 Å². The quantitative estimate of drug-likeness (QED) is 0.529. The third kappa shape index (κ3) is 6.31. The Bertz CT molecular complexity index is 1110. The van der Waals surface area contributed by atoms with E-state index in [9.17, 15) is 13.2 Å². The van der Waals surface area contributed by atoms with E-state index in [1.165, 1.54) is 6.07 Å². The zero-order valence-electron chi connectivity index (χ0n) is 18.7. The molecule has 3 heterocycles. The Morgan fingerprint density at radius 3 is 2.65 bits per heavy atom. The van der Waals surface area contributed by atoms with Crippen LogP contribution in [0.3, 0.4) is 0 Å². The lowest BCUT2D eigenvalue weighted by molar-refractivity contribution is -0.137. The van der Waals surface area contributed by atoms with Crippen molar-refractivity contribution in [3.63, 3.8) is 0 Å². The minimum absolute atomic E-state index is 0.109. The Kier molecular flexibility index (Phi) is 7.41. The van der Waals surface area contributed by atoms with Crippen LogP contribution in [-0.4, -0.2) is 52.8 Å². The van der Waals surface area contributed by atoms with E-state index in [1.54, 1.807) is 19.2 Å². The van der Waals surface area contributed by atoms with Gasteiger partial charge in [-0.05, 0) is 36.2 Å². The molecule has 0 radical (unpaired) electrons. The van der Waals surface area contributed by atoms with E-state index >= 15 is 0 Å². The first-order chi connectivity index (χ1) is 16.4. The molecule has 1 saturated heterocycles. The van der Waals surface area contributed by atoms with Crippen LogP contribution < -0.4 is 15.0 Å². The molecule has 0 atom stereocenters. The molecule has 0 saturated carbocycles. The maximum Gasteiger partial charge on any atom is 0.416 e. The maximum atomic E-state index is 13.1. The molecule has 8 nitrogen and oxygen atoms in total. The average Bonchev–Trinajstić information content (AvgIpc) is 2.83. The number of aromatic nitrogens is 4. The summed E-state index contributed by atoms with van der Waals surface area (Å²) < 4.78 is 50.0. The molecule has 3 aromatic rings. The highest BCUT2D eigenvalue weighted by molar-refractivity contribution is 5.42. The molecule has 11 heteroatoms. The first-order valence-electron chi connectivity index (χ1n) is 11.0. The van der Waals surface area contributed by atoms with Gasteiger partial charge in [-0.2, -0.15) is 28.1 Å². The van der Waals surface area contributed by atoms with Gasteiger partial charge in [0.25, 0.3) is 0 Å². The van der Waals surface area contributed by atoms with Crippen LogP contribution in [-0.2, 0) is 23.9 Å². The Labute approximate surface area is 195 Å². The molecular weight excluding hydrogens is 449 g/mol. The topological polar surface area (TPSA) is 85.3 Å². The van der Waals surface area contributed by atoms with Gasteiger partial charge in [-0.25, -0.2) is 4.98 Å². The van der Waals surface area contributed by atoms with E-state index in [4.69, 9.17) is 9.47 Å². The van der Waals surface area contributed by atoms with Gasteiger partial charge in [-0.15, -0.1) is 0 Å². The van der Waals surface area contributed by atoms with E-state index in [-0.39, 0.29) is 18.4 Å².